The van der Waals surface area contributed by atoms with Crippen molar-refractivity contribution >= 4 is 85.8 Å². The molecule has 0 aliphatic heterocycles. The second-order valence-electron chi connectivity index (χ2n) is 21.7. The van der Waals surface area contributed by atoms with Crippen LogP contribution in [0.2, 0.25) is 0 Å². The molecule has 0 bridgehead atoms. The van der Waals surface area contributed by atoms with Gasteiger partial charge in [0.05, 0.1) is 21.8 Å². The molecule has 2 heterocycles. The summed E-state index contributed by atoms with van der Waals surface area (Å²) in [7, 11) is 0. The van der Waals surface area contributed by atoms with Crippen molar-refractivity contribution in [1.29, 1.82) is 0 Å². The second-order valence-corrected chi connectivity index (χ2v) is 23.8. The molecule has 0 atom stereocenters. The fourth-order valence-electron chi connectivity index (χ4n) is 11.8. The zero-order valence-corrected chi connectivity index (χ0v) is 41.4. The van der Waals surface area contributed by atoms with Gasteiger partial charge in [-0.05, 0) is 141 Å². The first-order valence-electron chi connectivity index (χ1n) is 23.5. The lowest BCUT2D eigenvalue weighted by Gasteiger charge is -2.40. The van der Waals surface area contributed by atoms with Crippen molar-refractivity contribution in [1.82, 2.24) is 0 Å². The van der Waals surface area contributed by atoms with Gasteiger partial charge in [0.1, 0.15) is 0 Å². The highest BCUT2D eigenvalue weighted by Crippen LogP contribution is 2.59. The largest absolute Gasteiger partial charge is 0.335 e. The van der Waals surface area contributed by atoms with Gasteiger partial charge in [0.15, 0.2) is 0 Å². The normalized spacial score (nSPS) is 14.8. The number of hydrogen-bond donors (Lipinski definition) is 0. The van der Waals surface area contributed by atoms with Crippen LogP contribution >= 0.6 is 22.7 Å². The van der Waals surface area contributed by atoms with Gasteiger partial charge < -0.3 is 9.80 Å². The molecule has 0 radical (unpaired) electrons. The molecule has 66 heavy (non-hydrogen) atoms. The molecular weight excluding hydrogens is 837 g/mol. The van der Waals surface area contributed by atoms with E-state index in [9.17, 15) is 0 Å². The predicted molar refractivity (Wildman–Crippen MR) is 289 cm³/mol. The van der Waals surface area contributed by atoms with Crippen LogP contribution in [0.4, 0.5) is 22.7 Å². The Morgan fingerprint density at radius 3 is 1.55 bits per heavy atom. The first-order valence-corrected chi connectivity index (χ1v) is 25.1. The molecule has 2 aromatic heterocycles. The summed E-state index contributed by atoms with van der Waals surface area (Å²) in [6.07, 6.45) is 0. The van der Waals surface area contributed by atoms with Crippen molar-refractivity contribution in [3.8, 4) is 33.4 Å². The molecule has 0 spiro atoms. The lowest BCUT2D eigenvalue weighted by molar-refractivity contribution is 0.561. The van der Waals surface area contributed by atoms with E-state index in [0.717, 1.165) is 0 Å². The van der Waals surface area contributed by atoms with E-state index in [0.29, 0.717) is 0 Å². The van der Waals surface area contributed by atoms with Crippen molar-refractivity contribution in [2.45, 2.75) is 91.1 Å². The van der Waals surface area contributed by atoms with Gasteiger partial charge in [-0.15, -0.1) is 22.7 Å². The van der Waals surface area contributed by atoms with E-state index in [1.54, 1.807) is 0 Å². The average Bonchev–Trinajstić information content (AvgIpc) is 3.99. The smallest absolute Gasteiger partial charge is 0.0603 e. The molecule has 0 amide bonds. The van der Waals surface area contributed by atoms with Gasteiger partial charge >= 0.3 is 0 Å². The van der Waals surface area contributed by atoms with Crippen LogP contribution in [0, 0.1) is 0 Å². The highest BCUT2D eigenvalue weighted by molar-refractivity contribution is 7.26. The van der Waals surface area contributed by atoms with Crippen LogP contribution in [0.3, 0.4) is 0 Å². The minimum atomic E-state index is -0.273. The van der Waals surface area contributed by atoms with E-state index >= 15 is 0 Å². The van der Waals surface area contributed by atoms with E-state index in [-0.39, 0.29) is 21.9 Å². The number of rotatable bonds is 5. The lowest BCUT2D eigenvalue weighted by Crippen LogP contribution is -2.38. The number of thiophene rings is 2. The molecule has 0 saturated carbocycles. The van der Waals surface area contributed by atoms with E-state index in [1.165, 1.54) is 119 Å². The summed E-state index contributed by atoms with van der Waals surface area (Å²) < 4.78 is 5.27. The Balaban J connectivity index is 1.18. The Labute approximate surface area is 397 Å². The van der Waals surface area contributed by atoms with E-state index < -0.39 is 0 Å². The van der Waals surface area contributed by atoms with Gasteiger partial charge in [-0.25, -0.2) is 0 Å². The third-order valence-corrected chi connectivity index (χ3v) is 17.1. The molecule has 326 valence electrons. The molecular formula is C62H56N2S2. The minimum Gasteiger partial charge on any atom is -0.335 e. The van der Waals surface area contributed by atoms with Crippen LogP contribution < -0.4 is 9.80 Å². The van der Waals surface area contributed by atoms with Gasteiger partial charge in [-0.1, -0.05) is 131 Å². The lowest BCUT2D eigenvalue weighted by atomic mass is 9.81. The van der Waals surface area contributed by atoms with Crippen LogP contribution in [0.25, 0.3) is 73.7 Å². The van der Waals surface area contributed by atoms with E-state index in [1.807, 2.05) is 22.7 Å². The number of hydrogen-bond acceptors (Lipinski definition) is 4. The van der Waals surface area contributed by atoms with Crippen molar-refractivity contribution in [3.63, 3.8) is 0 Å². The van der Waals surface area contributed by atoms with Gasteiger partial charge in [0, 0.05) is 74.4 Å². The summed E-state index contributed by atoms with van der Waals surface area (Å²) in [6.45, 7) is 23.9. The number of anilines is 4. The maximum Gasteiger partial charge on any atom is 0.0603 e. The fraction of sp³-hybridized carbons (Fsp3) is 0.226. The highest BCUT2D eigenvalue weighted by Gasteiger charge is 2.42. The van der Waals surface area contributed by atoms with Crippen LogP contribution in [0.1, 0.15) is 91.5 Å². The molecule has 2 aliphatic carbocycles. The molecule has 0 N–H and O–H groups in total. The Hall–Kier alpha value is -6.20. The van der Waals surface area contributed by atoms with Crippen molar-refractivity contribution in [2.75, 3.05) is 9.80 Å². The van der Waals surface area contributed by atoms with Crippen LogP contribution in [-0.2, 0) is 10.8 Å². The maximum atomic E-state index is 2.67. The summed E-state index contributed by atoms with van der Waals surface area (Å²) in [5.41, 5.74) is 17.5. The first kappa shape index (κ1) is 41.2. The minimum absolute atomic E-state index is 0.107. The SMILES string of the molecule is CC1(C)c2ccccc2-c2c(N(c3cc(-c4cc(N(c5cccc6sc7ccccc7c56)C(C)(C)C)c5c(c4)C(C)(C)c4ccccc4-5)cc4c3sc3ccccc34)C(C)(C)C)cccc21. The molecule has 2 aliphatic rings. The fourth-order valence-corrected chi connectivity index (χ4v) is 14.2. The molecule has 0 unspecified atom stereocenters. The monoisotopic (exact) mass is 892 g/mol. The molecule has 2 nitrogen and oxygen atoms in total. The molecule has 4 heteroatoms. The Morgan fingerprint density at radius 1 is 0.379 bits per heavy atom. The summed E-state index contributed by atoms with van der Waals surface area (Å²) in [5, 5.41) is 5.25. The zero-order valence-electron chi connectivity index (χ0n) is 39.7. The van der Waals surface area contributed by atoms with E-state index in [4.69, 9.17) is 0 Å². The molecule has 0 saturated heterocycles. The van der Waals surface area contributed by atoms with Gasteiger partial charge in [0.2, 0.25) is 0 Å². The molecule has 0 fully saturated rings. The summed E-state index contributed by atoms with van der Waals surface area (Å²) in [6, 6.07) is 60.2. The highest BCUT2D eigenvalue weighted by atomic mass is 32.1. The van der Waals surface area contributed by atoms with Gasteiger partial charge in [0.25, 0.3) is 0 Å². The average molecular weight is 893 g/mol. The molecule has 8 aromatic carbocycles. The van der Waals surface area contributed by atoms with Crippen LogP contribution in [-0.4, -0.2) is 11.1 Å². The van der Waals surface area contributed by atoms with Gasteiger partial charge in [-0.2, -0.15) is 0 Å². The Bertz CT molecular complexity index is 3640. The summed E-state index contributed by atoms with van der Waals surface area (Å²) in [4.78, 5) is 5.34. The third-order valence-electron chi connectivity index (χ3n) is 14.7. The molecule has 10 aromatic rings. The second kappa shape index (κ2) is 14.2. The Morgan fingerprint density at radius 2 is 0.864 bits per heavy atom. The third kappa shape index (κ3) is 5.90. The number of nitrogens with zero attached hydrogens (tertiary/aromatic N) is 2. The topological polar surface area (TPSA) is 6.48 Å². The maximum absolute atomic E-state index is 2.67. The van der Waals surface area contributed by atoms with Crippen molar-refractivity contribution in [2.24, 2.45) is 0 Å². The Kier molecular flexibility index (Phi) is 8.85. The zero-order chi connectivity index (χ0) is 45.7. The van der Waals surface area contributed by atoms with Crippen LogP contribution in [0.5, 0.6) is 0 Å². The number of fused-ring (bicyclic) bond motifs is 12. The summed E-state index contributed by atoms with van der Waals surface area (Å²) >= 11 is 3.82. The first-order chi connectivity index (χ1) is 31.5. The standard InChI is InChI=1S/C62H56N2S2/c1-59(2,3)63(49-29-20-32-54-57(49)42-24-14-18-31-53(42)65-54)50-35-38(34-47-56(50)41-23-12-16-26-45(41)62(47,9)10)37-33-43-39-21-13-17-30-52(39)66-58(43)51(36-37)64(60(4,5)6)48-28-19-27-46-55(48)40-22-11-15-25-44(40)61(46,7)8/h11-36H,1-10H3. The van der Waals surface area contributed by atoms with Crippen LogP contribution in [0.15, 0.2) is 158 Å². The van der Waals surface area contributed by atoms with Gasteiger partial charge in [-0.3, -0.25) is 0 Å². The van der Waals surface area contributed by atoms with Crippen molar-refractivity contribution < 1.29 is 0 Å². The van der Waals surface area contributed by atoms with E-state index in [2.05, 4.69) is 237 Å². The quantitative estimate of drug-likeness (QED) is 0.170. The summed E-state index contributed by atoms with van der Waals surface area (Å²) in [5.74, 6) is 0. The predicted octanol–water partition coefficient (Wildman–Crippen LogP) is 18.6. The number of benzene rings is 8. The molecule has 12 rings (SSSR count). The van der Waals surface area contributed by atoms with Crippen molar-refractivity contribution in [3.05, 3.63) is 180 Å².